The van der Waals surface area contributed by atoms with Crippen LogP contribution in [0.3, 0.4) is 0 Å². The summed E-state index contributed by atoms with van der Waals surface area (Å²) in [6.45, 7) is 6.81. The molecule has 0 fully saturated rings. The lowest BCUT2D eigenvalue weighted by Crippen LogP contribution is -2.19. The predicted molar refractivity (Wildman–Crippen MR) is 85.4 cm³/mol. The maximum Gasteiger partial charge on any atom is 0.0701 e. The molecule has 18 heavy (non-hydrogen) atoms. The van der Waals surface area contributed by atoms with E-state index in [1.54, 1.807) is 11.3 Å². The molecule has 0 unspecified atom stereocenters. The number of thiophene rings is 1. The number of halogens is 1. The Balaban J connectivity index is 1.98. The zero-order valence-electron chi connectivity index (χ0n) is 11.5. The van der Waals surface area contributed by atoms with Crippen LogP contribution in [0.4, 0.5) is 0 Å². The van der Waals surface area contributed by atoms with Gasteiger partial charge in [0.15, 0.2) is 0 Å². The summed E-state index contributed by atoms with van der Waals surface area (Å²) in [6.07, 6.45) is 5.17. The van der Waals surface area contributed by atoms with Crippen molar-refractivity contribution < 1.29 is 0 Å². The molecule has 0 amide bonds. The maximum absolute atomic E-state index is 3.51. The minimum atomic E-state index is 1.07. The molecule has 0 bridgehead atoms. The van der Waals surface area contributed by atoms with Gasteiger partial charge in [0.05, 0.1) is 3.79 Å². The van der Waals surface area contributed by atoms with E-state index in [1.165, 1.54) is 48.1 Å². The Bertz CT molecular complexity index is 314. The molecule has 0 saturated carbocycles. The van der Waals surface area contributed by atoms with Gasteiger partial charge in [0.1, 0.15) is 0 Å². The molecule has 0 aromatic carbocycles. The van der Waals surface area contributed by atoms with Crippen LogP contribution in [0.2, 0.25) is 0 Å². The van der Waals surface area contributed by atoms with Crippen molar-refractivity contribution in [2.75, 3.05) is 26.7 Å². The highest BCUT2D eigenvalue weighted by Gasteiger charge is 2.02. The second-order valence-corrected chi connectivity index (χ2v) is 7.10. The van der Waals surface area contributed by atoms with Crippen molar-refractivity contribution in [1.29, 1.82) is 0 Å². The molecule has 1 aromatic heterocycles. The molecule has 0 atom stereocenters. The number of hydrogen-bond acceptors (Lipinski definition) is 3. The van der Waals surface area contributed by atoms with Crippen LogP contribution < -0.4 is 5.32 Å². The van der Waals surface area contributed by atoms with Gasteiger partial charge in [-0.05, 0) is 78.9 Å². The number of unbranched alkanes of at least 4 members (excludes halogenated alkanes) is 2. The Morgan fingerprint density at radius 1 is 1.28 bits per heavy atom. The van der Waals surface area contributed by atoms with Gasteiger partial charge in [0.2, 0.25) is 0 Å². The van der Waals surface area contributed by atoms with Crippen molar-refractivity contribution in [1.82, 2.24) is 10.2 Å². The SMILES string of the molecule is CCCNCCCCCN(C)Cc1csc(Br)c1. The first kappa shape index (κ1) is 16.2. The summed E-state index contributed by atoms with van der Waals surface area (Å²) in [5, 5.41) is 5.68. The third kappa shape index (κ3) is 7.52. The summed E-state index contributed by atoms with van der Waals surface area (Å²) >= 11 is 5.28. The molecule has 4 heteroatoms. The summed E-state index contributed by atoms with van der Waals surface area (Å²) in [5.41, 5.74) is 1.42. The molecule has 0 radical (unpaired) electrons. The normalized spacial score (nSPS) is 11.3. The fourth-order valence-electron chi connectivity index (χ4n) is 1.93. The summed E-state index contributed by atoms with van der Waals surface area (Å²) in [5.74, 6) is 0. The minimum Gasteiger partial charge on any atom is -0.317 e. The van der Waals surface area contributed by atoms with Crippen LogP contribution in [0.1, 0.15) is 38.2 Å². The third-order valence-corrected chi connectivity index (χ3v) is 4.45. The zero-order chi connectivity index (χ0) is 13.2. The van der Waals surface area contributed by atoms with Crippen molar-refractivity contribution in [2.45, 2.75) is 39.2 Å². The molecule has 0 saturated heterocycles. The van der Waals surface area contributed by atoms with Crippen molar-refractivity contribution in [3.05, 3.63) is 20.8 Å². The standard InChI is InChI=1S/C14H25BrN2S/c1-3-7-16-8-5-4-6-9-17(2)11-13-10-14(15)18-12-13/h10,12,16H,3-9,11H2,1-2H3. The molecule has 1 heterocycles. The van der Waals surface area contributed by atoms with E-state index in [1.807, 2.05) is 0 Å². The highest BCUT2D eigenvalue weighted by molar-refractivity contribution is 9.11. The Labute approximate surface area is 124 Å². The van der Waals surface area contributed by atoms with Gasteiger partial charge in [-0.25, -0.2) is 0 Å². The van der Waals surface area contributed by atoms with E-state index in [0.29, 0.717) is 0 Å². The first-order valence-corrected chi connectivity index (χ1v) is 8.51. The second kappa shape index (κ2) is 9.96. The molecular weight excluding hydrogens is 308 g/mol. The monoisotopic (exact) mass is 332 g/mol. The fourth-order valence-corrected chi connectivity index (χ4v) is 3.13. The van der Waals surface area contributed by atoms with Gasteiger partial charge < -0.3 is 10.2 Å². The van der Waals surface area contributed by atoms with Gasteiger partial charge in [-0.15, -0.1) is 11.3 Å². The van der Waals surface area contributed by atoms with E-state index in [-0.39, 0.29) is 0 Å². The van der Waals surface area contributed by atoms with E-state index in [9.17, 15) is 0 Å². The van der Waals surface area contributed by atoms with Gasteiger partial charge >= 0.3 is 0 Å². The number of nitrogens with zero attached hydrogens (tertiary/aromatic N) is 1. The van der Waals surface area contributed by atoms with Crippen LogP contribution in [0.25, 0.3) is 0 Å². The smallest absolute Gasteiger partial charge is 0.0701 e. The molecule has 1 rings (SSSR count). The molecule has 2 nitrogen and oxygen atoms in total. The van der Waals surface area contributed by atoms with Gasteiger partial charge in [-0.2, -0.15) is 0 Å². The topological polar surface area (TPSA) is 15.3 Å². The van der Waals surface area contributed by atoms with Gasteiger partial charge in [-0.1, -0.05) is 13.3 Å². The second-order valence-electron chi connectivity index (χ2n) is 4.81. The van der Waals surface area contributed by atoms with Crippen molar-refractivity contribution in [2.24, 2.45) is 0 Å². The highest BCUT2D eigenvalue weighted by atomic mass is 79.9. The number of hydrogen-bond donors (Lipinski definition) is 1. The van der Waals surface area contributed by atoms with Crippen LogP contribution in [0.5, 0.6) is 0 Å². The van der Waals surface area contributed by atoms with Crippen molar-refractivity contribution in [3.8, 4) is 0 Å². The maximum atomic E-state index is 3.51. The van der Waals surface area contributed by atoms with Gasteiger partial charge in [0.25, 0.3) is 0 Å². The van der Waals surface area contributed by atoms with E-state index in [4.69, 9.17) is 0 Å². The molecule has 104 valence electrons. The van der Waals surface area contributed by atoms with Crippen LogP contribution >= 0.6 is 27.3 Å². The van der Waals surface area contributed by atoms with E-state index in [2.05, 4.69) is 51.6 Å². The fraction of sp³-hybridized carbons (Fsp3) is 0.714. The first-order chi connectivity index (χ1) is 8.72. The molecule has 1 N–H and O–H groups in total. The van der Waals surface area contributed by atoms with E-state index >= 15 is 0 Å². The van der Waals surface area contributed by atoms with Crippen LogP contribution in [0, 0.1) is 0 Å². The zero-order valence-corrected chi connectivity index (χ0v) is 13.9. The average molecular weight is 333 g/mol. The minimum absolute atomic E-state index is 1.07. The number of nitrogens with one attached hydrogen (secondary N) is 1. The average Bonchev–Trinajstić information content (AvgIpc) is 2.73. The molecular formula is C14H25BrN2S. The molecule has 0 aliphatic carbocycles. The summed E-state index contributed by atoms with van der Waals surface area (Å²) in [7, 11) is 2.21. The quantitative estimate of drug-likeness (QED) is 0.648. The molecule has 0 aliphatic rings. The summed E-state index contributed by atoms with van der Waals surface area (Å²) < 4.78 is 1.23. The summed E-state index contributed by atoms with van der Waals surface area (Å²) in [6, 6.07) is 2.22. The van der Waals surface area contributed by atoms with E-state index in [0.717, 1.165) is 13.1 Å². The summed E-state index contributed by atoms with van der Waals surface area (Å²) in [4.78, 5) is 2.41. The van der Waals surface area contributed by atoms with Crippen LogP contribution in [0.15, 0.2) is 15.2 Å². The Morgan fingerprint density at radius 3 is 2.78 bits per heavy atom. The lowest BCUT2D eigenvalue weighted by atomic mass is 10.2. The number of rotatable bonds is 10. The first-order valence-electron chi connectivity index (χ1n) is 6.84. The Hall–Kier alpha value is 0.100. The highest BCUT2D eigenvalue weighted by Crippen LogP contribution is 2.21. The molecule has 1 aromatic rings. The largest absolute Gasteiger partial charge is 0.317 e. The van der Waals surface area contributed by atoms with Gasteiger partial charge in [-0.3, -0.25) is 0 Å². The predicted octanol–water partition coefficient (Wildman–Crippen LogP) is 4.11. The van der Waals surface area contributed by atoms with Crippen molar-refractivity contribution >= 4 is 27.3 Å². The lowest BCUT2D eigenvalue weighted by molar-refractivity contribution is 0.317. The van der Waals surface area contributed by atoms with E-state index < -0.39 is 0 Å². The van der Waals surface area contributed by atoms with Crippen molar-refractivity contribution in [3.63, 3.8) is 0 Å². The van der Waals surface area contributed by atoms with Crippen LogP contribution in [-0.2, 0) is 6.54 Å². The molecule has 0 spiro atoms. The van der Waals surface area contributed by atoms with Crippen LogP contribution in [-0.4, -0.2) is 31.6 Å². The Morgan fingerprint density at radius 2 is 2.11 bits per heavy atom. The molecule has 0 aliphatic heterocycles. The lowest BCUT2D eigenvalue weighted by Gasteiger charge is -2.15. The third-order valence-electron chi connectivity index (χ3n) is 2.89. The van der Waals surface area contributed by atoms with Gasteiger partial charge in [0, 0.05) is 6.54 Å². The Kier molecular flexibility index (Phi) is 8.94.